The normalized spacial score (nSPS) is 14.4. The second-order valence-electron chi connectivity index (χ2n) is 6.62. The average Bonchev–Trinajstić information content (AvgIpc) is 3.21. The van der Waals surface area contributed by atoms with E-state index in [2.05, 4.69) is 16.0 Å². The molecule has 0 atom stereocenters. The fraction of sp³-hybridized carbons (Fsp3) is 0.350. The van der Waals surface area contributed by atoms with Crippen LogP contribution in [0.4, 0.5) is 5.69 Å². The summed E-state index contributed by atoms with van der Waals surface area (Å²) in [4.78, 5) is 24.4. The van der Waals surface area contributed by atoms with Crippen LogP contribution in [0.15, 0.2) is 47.1 Å². The largest absolute Gasteiger partial charge is 0.467 e. The Bertz CT molecular complexity index is 781. The number of benzene rings is 1. The second kappa shape index (κ2) is 9.32. The number of hydrogen-bond acceptors (Lipinski definition) is 4. The van der Waals surface area contributed by atoms with E-state index in [1.807, 2.05) is 0 Å². The summed E-state index contributed by atoms with van der Waals surface area (Å²) in [5.41, 5.74) is 1.25. The van der Waals surface area contributed by atoms with E-state index < -0.39 is 0 Å². The summed E-state index contributed by atoms with van der Waals surface area (Å²) in [7, 11) is 0. The van der Waals surface area contributed by atoms with Crippen molar-refractivity contribution < 1.29 is 14.0 Å². The van der Waals surface area contributed by atoms with Crippen LogP contribution in [0.5, 0.6) is 0 Å². The Kier molecular flexibility index (Phi) is 6.59. The van der Waals surface area contributed by atoms with Gasteiger partial charge in [-0.25, -0.2) is 0 Å². The van der Waals surface area contributed by atoms with E-state index in [4.69, 9.17) is 16.6 Å². The number of rotatable bonds is 5. The first-order valence-corrected chi connectivity index (χ1v) is 9.55. The molecule has 2 aromatic rings. The molecule has 27 heavy (non-hydrogen) atoms. The molecular formula is C20H23N3O3S. The van der Waals surface area contributed by atoms with Gasteiger partial charge in [-0.05, 0) is 61.5 Å². The van der Waals surface area contributed by atoms with Crippen molar-refractivity contribution in [3.05, 3.63) is 54.0 Å². The monoisotopic (exact) mass is 385 g/mol. The molecule has 1 fully saturated rings. The highest BCUT2D eigenvalue weighted by Gasteiger charge is 2.21. The number of carbonyl (C=O) groups is 2. The smallest absolute Gasteiger partial charge is 0.251 e. The summed E-state index contributed by atoms with van der Waals surface area (Å²) in [6.45, 7) is 0.336. The highest BCUT2D eigenvalue weighted by molar-refractivity contribution is 7.80. The lowest BCUT2D eigenvalue weighted by Gasteiger charge is -2.21. The zero-order valence-electron chi connectivity index (χ0n) is 15.0. The molecule has 1 aliphatic rings. The fourth-order valence-corrected chi connectivity index (χ4v) is 3.35. The first-order valence-electron chi connectivity index (χ1n) is 9.14. The zero-order chi connectivity index (χ0) is 19.1. The topological polar surface area (TPSA) is 83.4 Å². The molecule has 1 aromatic heterocycles. The Labute approximate surface area is 163 Å². The molecular weight excluding hydrogens is 362 g/mol. The van der Waals surface area contributed by atoms with Gasteiger partial charge >= 0.3 is 0 Å². The summed E-state index contributed by atoms with van der Waals surface area (Å²) in [6.07, 6.45) is 6.82. The SMILES string of the molecule is O=C(NCc1ccco1)c1ccc(NC(=S)NC(=O)C2CCCCC2)cc1. The maximum absolute atomic E-state index is 12.2. The standard InChI is InChI=1S/C20H23N3O3S/c24-18(21-13-17-7-4-12-26-17)15-8-10-16(11-9-15)22-20(27)23-19(25)14-5-2-1-3-6-14/h4,7-12,14H,1-3,5-6,13H2,(H,21,24)(H2,22,23,25,27). The molecule has 2 amide bonds. The minimum absolute atomic E-state index is 0.0128. The molecule has 0 spiro atoms. The molecule has 142 valence electrons. The molecule has 1 aliphatic carbocycles. The minimum Gasteiger partial charge on any atom is -0.467 e. The van der Waals surface area contributed by atoms with E-state index in [0.717, 1.165) is 25.7 Å². The van der Waals surface area contributed by atoms with Gasteiger partial charge in [-0.1, -0.05) is 19.3 Å². The third kappa shape index (κ3) is 5.65. The number of furan rings is 1. The van der Waals surface area contributed by atoms with Gasteiger partial charge < -0.3 is 20.4 Å². The Morgan fingerprint density at radius 1 is 1.07 bits per heavy atom. The van der Waals surface area contributed by atoms with Gasteiger partial charge in [0.2, 0.25) is 5.91 Å². The maximum atomic E-state index is 12.2. The van der Waals surface area contributed by atoms with E-state index in [1.165, 1.54) is 6.42 Å². The van der Waals surface area contributed by atoms with Crippen molar-refractivity contribution in [3.63, 3.8) is 0 Å². The molecule has 1 aromatic carbocycles. The van der Waals surface area contributed by atoms with E-state index >= 15 is 0 Å². The van der Waals surface area contributed by atoms with Crippen molar-refractivity contribution in [2.45, 2.75) is 38.6 Å². The van der Waals surface area contributed by atoms with Gasteiger partial charge in [0.1, 0.15) is 5.76 Å². The highest BCUT2D eigenvalue weighted by Crippen LogP contribution is 2.23. The van der Waals surface area contributed by atoms with E-state index in [0.29, 0.717) is 23.6 Å². The molecule has 1 saturated carbocycles. The molecule has 3 rings (SSSR count). The molecule has 6 nitrogen and oxygen atoms in total. The fourth-order valence-electron chi connectivity index (χ4n) is 3.13. The minimum atomic E-state index is -0.189. The molecule has 0 radical (unpaired) electrons. The van der Waals surface area contributed by atoms with E-state index in [1.54, 1.807) is 42.7 Å². The maximum Gasteiger partial charge on any atom is 0.251 e. The quantitative estimate of drug-likeness (QED) is 0.685. The molecule has 0 bridgehead atoms. The summed E-state index contributed by atoms with van der Waals surface area (Å²) in [6, 6.07) is 10.5. The first-order chi connectivity index (χ1) is 13.1. The van der Waals surface area contributed by atoms with Crippen LogP contribution in [-0.4, -0.2) is 16.9 Å². The van der Waals surface area contributed by atoms with Crippen molar-refractivity contribution in [2.75, 3.05) is 5.32 Å². The summed E-state index contributed by atoms with van der Waals surface area (Å²) >= 11 is 5.22. The van der Waals surface area contributed by atoms with Crippen LogP contribution >= 0.6 is 12.2 Å². The number of nitrogens with one attached hydrogen (secondary N) is 3. The van der Waals surface area contributed by atoms with Crippen molar-refractivity contribution in [1.82, 2.24) is 10.6 Å². The van der Waals surface area contributed by atoms with Gasteiger partial charge in [-0.2, -0.15) is 0 Å². The number of carbonyl (C=O) groups excluding carboxylic acids is 2. The molecule has 7 heteroatoms. The number of anilines is 1. The van der Waals surface area contributed by atoms with Gasteiger partial charge in [0, 0.05) is 17.2 Å². The second-order valence-corrected chi connectivity index (χ2v) is 7.03. The van der Waals surface area contributed by atoms with Crippen LogP contribution in [-0.2, 0) is 11.3 Å². The Morgan fingerprint density at radius 3 is 2.48 bits per heavy atom. The number of thiocarbonyl (C=S) groups is 1. The first kappa shape index (κ1) is 19.1. The lowest BCUT2D eigenvalue weighted by atomic mass is 9.89. The Balaban J connectivity index is 1.47. The molecule has 3 N–H and O–H groups in total. The molecule has 0 aliphatic heterocycles. The van der Waals surface area contributed by atoms with Gasteiger partial charge in [0.05, 0.1) is 12.8 Å². The Morgan fingerprint density at radius 2 is 1.81 bits per heavy atom. The van der Waals surface area contributed by atoms with Gasteiger partial charge in [-0.15, -0.1) is 0 Å². The van der Waals surface area contributed by atoms with Crippen molar-refractivity contribution in [3.8, 4) is 0 Å². The third-order valence-corrected chi connectivity index (χ3v) is 4.83. The van der Waals surface area contributed by atoms with Crippen LogP contribution in [0.1, 0.15) is 48.2 Å². The van der Waals surface area contributed by atoms with E-state index in [9.17, 15) is 9.59 Å². The van der Waals surface area contributed by atoms with Crippen LogP contribution in [0, 0.1) is 5.92 Å². The van der Waals surface area contributed by atoms with Crippen LogP contribution in [0.3, 0.4) is 0 Å². The predicted octanol–water partition coefficient (Wildman–Crippen LogP) is 3.60. The lowest BCUT2D eigenvalue weighted by Crippen LogP contribution is -2.39. The highest BCUT2D eigenvalue weighted by atomic mass is 32.1. The molecule has 1 heterocycles. The van der Waals surface area contributed by atoms with Crippen molar-refractivity contribution >= 4 is 34.8 Å². The van der Waals surface area contributed by atoms with Crippen molar-refractivity contribution in [2.24, 2.45) is 5.92 Å². The van der Waals surface area contributed by atoms with Crippen LogP contribution in [0.25, 0.3) is 0 Å². The third-order valence-electron chi connectivity index (χ3n) is 4.62. The number of amides is 2. The lowest BCUT2D eigenvalue weighted by molar-refractivity contribution is -0.124. The van der Waals surface area contributed by atoms with Gasteiger partial charge in [0.25, 0.3) is 5.91 Å². The zero-order valence-corrected chi connectivity index (χ0v) is 15.8. The van der Waals surface area contributed by atoms with Crippen LogP contribution in [0.2, 0.25) is 0 Å². The molecule has 0 saturated heterocycles. The summed E-state index contributed by atoms with van der Waals surface area (Å²) < 4.78 is 5.18. The van der Waals surface area contributed by atoms with Crippen molar-refractivity contribution in [1.29, 1.82) is 0 Å². The van der Waals surface area contributed by atoms with Crippen LogP contribution < -0.4 is 16.0 Å². The summed E-state index contributed by atoms with van der Waals surface area (Å²) in [5.74, 6) is 0.548. The summed E-state index contributed by atoms with van der Waals surface area (Å²) in [5, 5.41) is 8.81. The number of hydrogen-bond donors (Lipinski definition) is 3. The molecule has 0 unspecified atom stereocenters. The van der Waals surface area contributed by atoms with Gasteiger partial charge in [-0.3, -0.25) is 9.59 Å². The Hall–Kier alpha value is -2.67. The average molecular weight is 385 g/mol. The van der Waals surface area contributed by atoms with E-state index in [-0.39, 0.29) is 22.8 Å². The van der Waals surface area contributed by atoms with Gasteiger partial charge in [0.15, 0.2) is 5.11 Å². The predicted molar refractivity (Wildman–Crippen MR) is 107 cm³/mol.